The van der Waals surface area contributed by atoms with Crippen molar-refractivity contribution in [3.63, 3.8) is 0 Å². The standard InChI is InChI=1S/C7H9N3O3/c8-6(4-11)7-2-1-5(3-9-7)10(12)13/h1-3,6,11H,4,8H2/t6-/m1/s1. The van der Waals surface area contributed by atoms with Gasteiger partial charge in [0.05, 0.1) is 23.3 Å². The normalized spacial score (nSPS) is 12.5. The molecule has 0 spiro atoms. The van der Waals surface area contributed by atoms with Crippen LogP contribution in [-0.4, -0.2) is 21.6 Å². The summed E-state index contributed by atoms with van der Waals surface area (Å²) in [5, 5.41) is 18.9. The number of nitrogens with zero attached hydrogens (tertiary/aromatic N) is 2. The summed E-state index contributed by atoms with van der Waals surface area (Å²) in [7, 11) is 0. The van der Waals surface area contributed by atoms with Crippen LogP contribution in [-0.2, 0) is 0 Å². The average Bonchev–Trinajstić information content (AvgIpc) is 2.17. The Balaban J connectivity index is 2.87. The minimum Gasteiger partial charge on any atom is -0.394 e. The SMILES string of the molecule is N[C@H](CO)c1ccc([N+](=O)[O-])cn1. The van der Waals surface area contributed by atoms with E-state index < -0.39 is 11.0 Å². The van der Waals surface area contributed by atoms with Crippen molar-refractivity contribution in [2.24, 2.45) is 5.73 Å². The minimum absolute atomic E-state index is 0.0890. The number of rotatable bonds is 3. The summed E-state index contributed by atoms with van der Waals surface area (Å²) >= 11 is 0. The highest BCUT2D eigenvalue weighted by Crippen LogP contribution is 2.12. The number of hydrogen-bond acceptors (Lipinski definition) is 5. The Morgan fingerprint density at radius 2 is 2.38 bits per heavy atom. The smallest absolute Gasteiger partial charge is 0.287 e. The van der Waals surface area contributed by atoms with Crippen molar-refractivity contribution in [1.82, 2.24) is 4.98 Å². The molecule has 0 aliphatic carbocycles. The first-order valence-electron chi connectivity index (χ1n) is 3.62. The highest BCUT2D eigenvalue weighted by molar-refractivity contribution is 5.27. The maximum atomic E-state index is 10.2. The molecule has 1 atom stereocenters. The fraction of sp³-hybridized carbons (Fsp3) is 0.286. The highest BCUT2D eigenvalue weighted by atomic mass is 16.6. The molecule has 0 unspecified atom stereocenters. The van der Waals surface area contributed by atoms with Gasteiger partial charge < -0.3 is 10.8 Å². The number of nitrogens with two attached hydrogens (primary N) is 1. The summed E-state index contributed by atoms with van der Waals surface area (Å²) < 4.78 is 0. The van der Waals surface area contributed by atoms with Crippen LogP contribution in [0, 0.1) is 10.1 Å². The molecule has 70 valence electrons. The fourth-order valence-corrected chi connectivity index (χ4v) is 0.818. The van der Waals surface area contributed by atoms with Crippen LogP contribution < -0.4 is 5.73 Å². The lowest BCUT2D eigenvalue weighted by molar-refractivity contribution is -0.385. The monoisotopic (exact) mass is 183 g/mol. The summed E-state index contributed by atoms with van der Waals surface area (Å²) in [5.74, 6) is 0. The van der Waals surface area contributed by atoms with Crippen molar-refractivity contribution >= 4 is 5.69 Å². The highest BCUT2D eigenvalue weighted by Gasteiger charge is 2.09. The summed E-state index contributed by atoms with van der Waals surface area (Å²) in [6, 6.07) is 2.15. The summed E-state index contributed by atoms with van der Waals surface area (Å²) in [5.41, 5.74) is 5.79. The van der Waals surface area contributed by atoms with E-state index in [1.54, 1.807) is 0 Å². The predicted octanol–water partition coefficient (Wildman–Crippen LogP) is -0.0181. The van der Waals surface area contributed by atoms with E-state index in [-0.39, 0.29) is 12.3 Å². The number of nitro groups is 1. The molecule has 0 aromatic carbocycles. The van der Waals surface area contributed by atoms with Crippen molar-refractivity contribution in [2.75, 3.05) is 6.61 Å². The zero-order chi connectivity index (χ0) is 9.84. The van der Waals surface area contributed by atoms with Crippen LogP contribution in [0.25, 0.3) is 0 Å². The molecule has 0 fully saturated rings. The topological polar surface area (TPSA) is 102 Å². The molecule has 6 nitrogen and oxygen atoms in total. The Kier molecular flexibility index (Phi) is 2.88. The van der Waals surface area contributed by atoms with Crippen LogP contribution in [0.4, 0.5) is 5.69 Å². The molecule has 6 heteroatoms. The predicted molar refractivity (Wildman–Crippen MR) is 44.9 cm³/mol. The van der Waals surface area contributed by atoms with E-state index in [9.17, 15) is 10.1 Å². The van der Waals surface area contributed by atoms with E-state index in [1.165, 1.54) is 12.1 Å². The minimum atomic E-state index is -0.583. The van der Waals surface area contributed by atoms with E-state index in [4.69, 9.17) is 10.8 Å². The Bertz CT molecular complexity index is 298. The molecule has 0 bridgehead atoms. The van der Waals surface area contributed by atoms with E-state index in [2.05, 4.69) is 4.98 Å². The molecule has 1 aromatic heterocycles. The molecule has 0 aliphatic rings. The second-order valence-electron chi connectivity index (χ2n) is 2.49. The van der Waals surface area contributed by atoms with Crippen molar-refractivity contribution in [3.05, 3.63) is 34.1 Å². The zero-order valence-electron chi connectivity index (χ0n) is 6.75. The van der Waals surface area contributed by atoms with Gasteiger partial charge in [0.1, 0.15) is 6.20 Å². The van der Waals surface area contributed by atoms with Gasteiger partial charge in [0.2, 0.25) is 0 Å². The first-order valence-corrected chi connectivity index (χ1v) is 3.62. The van der Waals surface area contributed by atoms with E-state index >= 15 is 0 Å². The summed E-state index contributed by atoms with van der Waals surface area (Å²) in [6.07, 6.45) is 1.12. The maximum absolute atomic E-state index is 10.2. The fourth-order valence-electron chi connectivity index (χ4n) is 0.818. The third-order valence-corrected chi connectivity index (χ3v) is 1.56. The molecule has 13 heavy (non-hydrogen) atoms. The van der Waals surface area contributed by atoms with Crippen molar-refractivity contribution in [1.29, 1.82) is 0 Å². The Hall–Kier alpha value is -1.53. The molecular formula is C7H9N3O3. The number of pyridine rings is 1. The Morgan fingerprint density at radius 3 is 2.77 bits per heavy atom. The van der Waals surface area contributed by atoms with Crippen LogP contribution in [0.5, 0.6) is 0 Å². The van der Waals surface area contributed by atoms with Crippen molar-refractivity contribution < 1.29 is 10.0 Å². The molecule has 0 saturated carbocycles. The summed E-state index contributed by atoms with van der Waals surface area (Å²) in [6.45, 7) is -0.231. The number of aliphatic hydroxyl groups excluding tert-OH is 1. The quantitative estimate of drug-likeness (QED) is 0.506. The van der Waals surface area contributed by atoms with Gasteiger partial charge in [-0.1, -0.05) is 0 Å². The van der Waals surface area contributed by atoms with E-state index in [0.717, 1.165) is 6.20 Å². The van der Waals surface area contributed by atoms with Crippen molar-refractivity contribution in [3.8, 4) is 0 Å². The van der Waals surface area contributed by atoms with Crippen LogP contribution >= 0.6 is 0 Å². The van der Waals surface area contributed by atoms with Crippen LogP contribution in [0.3, 0.4) is 0 Å². The molecule has 0 aliphatic heterocycles. The zero-order valence-corrected chi connectivity index (χ0v) is 6.75. The number of aliphatic hydroxyl groups is 1. The van der Waals surface area contributed by atoms with E-state index in [1.807, 2.05) is 0 Å². The lowest BCUT2D eigenvalue weighted by Crippen LogP contribution is -2.15. The number of hydrogen-bond donors (Lipinski definition) is 2. The maximum Gasteiger partial charge on any atom is 0.287 e. The molecule has 0 amide bonds. The molecular weight excluding hydrogens is 174 g/mol. The van der Waals surface area contributed by atoms with E-state index in [0.29, 0.717) is 5.69 Å². The number of aromatic nitrogens is 1. The van der Waals surface area contributed by atoms with Gasteiger partial charge in [0, 0.05) is 6.07 Å². The molecule has 1 aromatic rings. The van der Waals surface area contributed by atoms with Gasteiger partial charge in [-0.25, -0.2) is 0 Å². The largest absolute Gasteiger partial charge is 0.394 e. The van der Waals surface area contributed by atoms with Crippen molar-refractivity contribution in [2.45, 2.75) is 6.04 Å². The van der Waals surface area contributed by atoms with Gasteiger partial charge in [0.15, 0.2) is 0 Å². The second kappa shape index (κ2) is 3.92. The van der Waals surface area contributed by atoms with Gasteiger partial charge in [-0.15, -0.1) is 0 Å². The first-order chi connectivity index (χ1) is 6.15. The van der Waals surface area contributed by atoms with Gasteiger partial charge in [0.25, 0.3) is 5.69 Å². The lowest BCUT2D eigenvalue weighted by Gasteiger charge is -2.05. The summed E-state index contributed by atoms with van der Waals surface area (Å²) in [4.78, 5) is 13.4. The van der Waals surface area contributed by atoms with Crippen LogP contribution in [0.15, 0.2) is 18.3 Å². The third kappa shape index (κ3) is 2.20. The second-order valence-corrected chi connectivity index (χ2v) is 2.49. The molecule has 1 rings (SSSR count). The van der Waals surface area contributed by atoms with Gasteiger partial charge >= 0.3 is 0 Å². The molecule has 3 N–H and O–H groups in total. The van der Waals surface area contributed by atoms with Gasteiger partial charge in [-0.2, -0.15) is 0 Å². The van der Waals surface area contributed by atoms with Crippen LogP contribution in [0.2, 0.25) is 0 Å². The third-order valence-electron chi connectivity index (χ3n) is 1.56. The van der Waals surface area contributed by atoms with Gasteiger partial charge in [-0.3, -0.25) is 15.1 Å². The first kappa shape index (κ1) is 9.56. The Labute approximate surface area is 74.2 Å². The Morgan fingerprint density at radius 1 is 1.69 bits per heavy atom. The molecule has 0 radical (unpaired) electrons. The van der Waals surface area contributed by atoms with Crippen LogP contribution in [0.1, 0.15) is 11.7 Å². The molecule has 1 heterocycles. The lowest BCUT2D eigenvalue weighted by atomic mass is 10.2. The van der Waals surface area contributed by atoms with Gasteiger partial charge in [-0.05, 0) is 6.07 Å². The molecule has 0 saturated heterocycles. The average molecular weight is 183 g/mol.